The first-order valence-corrected chi connectivity index (χ1v) is 9.18. The maximum Gasteiger partial charge on any atom is 0.247 e. The summed E-state index contributed by atoms with van der Waals surface area (Å²) in [5.74, 6) is 1.15. The van der Waals surface area contributed by atoms with Crippen LogP contribution in [0.3, 0.4) is 0 Å². The minimum Gasteiger partial charge on any atom is -0.421 e. The number of hydrogen-bond donors (Lipinski definition) is 1. The number of carbonyl (C=O) groups is 1. The molecule has 4 rings (SSSR count). The summed E-state index contributed by atoms with van der Waals surface area (Å²) in [5, 5.41) is 11.5. The van der Waals surface area contributed by atoms with Crippen LogP contribution >= 0.6 is 11.6 Å². The minimum atomic E-state index is -0.181. The van der Waals surface area contributed by atoms with Gasteiger partial charge < -0.3 is 8.98 Å². The van der Waals surface area contributed by atoms with Gasteiger partial charge in [-0.05, 0) is 37.3 Å². The van der Waals surface area contributed by atoms with Crippen LogP contribution in [0.5, 0.6) is 0 Å². The highest BCUT2D eigenvalue weighted by atomic mass is 35.5. The molecule has 0 unspecified atom stereocenters. The summed E-state index contributed by atoms with van der Waals surface area (Å²) in [6.45, 7) is 2.01. The molecule has 28 heavy (non-hydrogen) atoms. The van der Waals surface area contributed by atoms with Crippen LogP contribution in [-0.2, 0) is 18.3 Å². The minimum absolute atomic E-state index is 0.181. The molecule has 0 aliphatic heterocycles. The number of rotatable bonds is 5. The maximum atomic E-state index is 12.3. The van der Waals surface area contributed by atoms with E-state index >= 15 is 0 Å². The molecule has 1 N–H and O–H groups in total. The molecule has 4 aromatic rings. The zero-order chi connectivity index (χ0) is 19.7. The van der Waals surface area contributed by atoms with Crippen LogP contribution in [0, 0.1) is 6.92 Å². The Bertz CT molecular complexity index is 1150. The van der Waals surface area contributed by atoms with Crippen LogP contribution in [0.15, 0.2) is 46.9 Å². The predicted molar refractivity (Wildman–Crippen MR) is 107 cm³/mol. The monoisotopic (exact) mass is 395 g/mol. The van der Waals surface area contributed by atoms with Gasteiger partial charge in [-0.3, -0.25) is 10.1 Å². The molecule has 0 radical (unpaired) electrons. The summed E-state index contributed by atoms with van der Waals surface area (Å²) >= 11 is 6.00. The van der Waals surface area contributed by atoms with Crippen molar-refractivity contribution in [2.24, 2.45) is 7.05 Å². The quantitative estimate of drug-likeness (QED) is 0.548. The highest BCUT2D eigenvalue weighted by molar-refractivity contribution is 6.31. The Morgan fingerprint density at radius 1 is 1.18 bits per heavy atom. The Hall–Kier alpha value is -3.19. The Morgan fingerprint density at radius 2 is 1.96 bits per heavy atom. The molecule has 2 aromatic heterocycles. The van der Waals surface area contributed by atoms with Crippen molar-refractivity contribution in [3.05, 3.63) is 58.9 Å². The molecule has 1 amide bonds. The van der Waals surface area contributed by atoms with Crippen molar-refractivity contribution in [2.75, 3.05) is 5.32 Å². The second kappa shape index (κ2) is 7.44. The number of amides is 1. The second-order valence-corrected chi connectivity index (χ2v) is 6.98. The van der Waals surface area contributed by atoms with Crippen molar-refractivity contribution >= 4 is 34.5 Å². The van der Waals surface area contributed by atoms with Gasteiger partial charge in [0.2, 0.25) is 23.6 Å². The van der Waals surface area contributed by atoms with Crippen molar-refractivity contribution < 1.29 is 9.21 Å². The van der Waals surface area contributed by atoms with Gasteiger partial charge in [0.25, 0.3) is 0 Å². The smallest absolute Gasteiger partial charge is 0.247 e. The summed E-state index contributed by atoms with van der Waals surface area (Å²) < 4.78 is 7.47. The number of hydrogen-bond acceptors (Lipinski definition) is 5. The average molecular weight is 396 g/mol. The number of fused-ring (bicyclic) bond motifs is 1. The van der Waals surface area contributed by atoms with Gasteiger partial charge in [-0.25, -0.2) is 4.98 Å². The zero-order valence-corrected chi connectivity index (χ0v) is 16.2. The van der Waals surface area contributed by atoms with E-state index in [1.54, 1.807) is 12.1 Å². The molecule has 0 aliphatic carbocycles. The van der Waals surface area contributed by atoms with Crippen LogP contribution in [0.4, 0.5) is 5.95 Å². The van der Waals surface area contributed by atoms with Crippen molar-refractivity contribution in [3.8, 4) is 11.5 Å². The van der Waals surface area contributed by atoms with Gasteiger partial charge in [-0.15, -0.1) is 10.2 Å². The molecule has 0 aliphatic rings. The largest absolute Gasteiger partial charge is 0.421 e. The van der Waals surface area contributed by atoms with Gasteiger partial charge in [0.05, 0.1) is 11.0 Å². The predicted octanol–water partition coefficient (Wildman–Crippen LogP) is 4.16. The lowest BCUT2D eigenvalue weighted by Gasteiger charge is -2.04. The lowest BCUT2D eigenvalue weighted by atomic mass is 10.1. The van der Waals surface area contributed by atoms with Crippen LogP contribution in [0.25, 0.3) is 22.5 Å². The fourth-order valence-corrected chi connectivity index (χ4v) is 3.03. The summed E-state index contributed by atoms with van der Waals surface area (Å²) in [4.78, 5) is 16.7. The molecule has 0 saturated heterocycles. The summed E-state index contributed by atoms with van der Waals surface area (Å²) in [6.07, 6.45) is 0.556. The van der Waals surface area contributed by atoms with E-state index in [-0.39, 0.29) is 12.3 Å². The Labute approximate surface area is 166 Å². The highest BCUT2D eigenvalue weighted by Crippen LogP contribution is 2.22. The van der Waals surface area contributed by atoms with Crippen molar-refractivity contribution in [1.29, 1.82) is 0 Å². The van der Waals surface area contributed by atoms with E-state index in [2.05, 4.69) is 20.5 Å². The number of carbonyl (C=O) groups excluding carboxylic acids is 1. The normalized spacial score (nSPS) is 11.1. The fraction of sp³-hybridized carbons (Fsp3) is 0.200. The van der Waals surface area contributed by atoms with E-state index in [9.17, 15) is 4.79 Å². The molecule has 7 nitrogen and oxygen atoms in total. The third-order valence-corrected chi connectivity index (χ3v) is 4.66. The van der Waals surface area contributed by atoms with Gasteiger partial charge in [0.1, 0.15) is 0 Å². The van der Waals surface area contributed by atoms with E-state index < -0.39 is 0 Å². The Balaban J connectivity index is 1.40. The van der Waals surface area contributed by atoms with E-state index in [0.29, 0.717) is 29.2 Å². The van der Waals surface area contributed by atoms with Gasteiger partial charge in [0.15, 0.2) is 0 Å². The van der Waals surface area contributed by atoms with Crippen LogP contribution in [-0.4, -0.2) is 25.7 Å². The first kappa shape index (κ1) is 18.2. The maximum absolute atomic E-state index is 12.3. The summed E-state index contributed by atoms with van der Waals surface area (Å²) in [7, 11) is 1.84. The van der Waals surface area contributed by atoms with Crippen molar-refractivity contribution in [2.45, 2.75) is 19.8 Å². The summed E-state index contributed by atoms with van der Waals surface area (Å²) in [5.41, 5.74) is 3.63. The zero-order valence-electron chi connectivity index (χ0n) is 15.4. The number of anilines is 1. The molecule has 0 saturated carbocycles. The lowest BCUT2D eigenvalue weighted by Crippen LogP contribution is -2.15. The third-order valence-electron chi connectivity index (χ3n) is 4.43. The number of aryl methyl sites for hydroxylation is 3. The number of nitrogens with zero attached hydrogens (tertiary/aromatic N) is 4. The highest BCUT2D eigenvalue weighted by Gasteiger charge is 2.14. The molecule has 142 valence electrons. The van der Waals surface area contributed by atoms with Gasteiger partial charge in [-0.2, -0.15) is 0 Å². The number of halogens is 1. The molecule has 2 aromatic carbocycles. The second-order valence-electron chi connectivity index (χ2n) is 6.54. The van der Waals surface area contributed by atoms with Crippen LogP contribution in [0.2, 0.25) is 5.02 Å². The topological polar surface area (TPSA) is 85.8 Å². The molecule has 0 spiro atoms. The van der Waals surface area contributed by atoms with Gasteiger partial charge in [0, 0.05) is 30.5 Å². The van der Waals surface area contributed by atoms with E-state index in [0.717, 1.165) is 22.2 Å². The van der Waals surface area contributed by atoms with E-state index in [1.165, 1.54) is 0 Å². The molecule has 2 heterocycles. The van der Waals surface area contributed by atoms with Gasteiger partial charge in [-0.1, -0.05) is 29.3 Å². The molecule has 0 atom stereocenters. The van der Waals surface area contributed by atoms with E-state index in [1.807, 2.05) is 48.9 Å². The molecular formula is C20H18ClN5O2. The molecule has 8 heteroatoms. The molecule has 0 bridgehead atoms. The summed E-state index contributed by atoms with van der Waals surface area (Å²) in [6, 6.07) is 13.2. The first-order valence-electron chi connectivity index (χ1n) is 8.81. The molecular weight excluding hydrogens is 378 g/mol. The van der Waals surface area contributed by atoms with E-state index in [4.69, 9.17) is 16.0 Å². The van der Waals surface area contributed by atoms with Crippen LogP contribution in [0.1, 0.15) is 17.9 Å². The number of benzene rings is 2. The fourth-order valence-electron chi connectivity index (χ4n) is 2.86. The third kappa shape index (κ3) is 3.75. The Kier molecular flexibility index (Phi) is 4.83. The standard InChI is InChI=1S/C20H18ClN5O2/c1-12-3-5-13(6-4-12)19-25-24-18(28-19)10-9-17(27)23-20-22-15-11-14(21)7-8-16(15)26(20)2/h3-8,11H,9-10H2,1-2H3,(H,22,23,27). The number of aromatic nitrogens is 4. The number of imidazole rings is 1. The average Bonchev–Trinajstić information content (AvgIpc) is 3.26. The van der Waals surface area contributed by atoms with Crippen molar-refractivity contribution in [1.82, 2.24) is 19.7 Å². The van der Waals surface area contributed by atoms with Gasteiger partial charge >= 0.3 is 0 Å². The molecule has 0 fully saturated rings. The lowest BCUT2D eigenvalue weighted by molar-refractivity contribution is -0.116. The van der Waals surface area contributed by atoms with Crippen molar-refractivity contribution in [3.63, 3.8) is 0 Å². The SMILES string of the molecule is Cc1ccc(-c2nnc(CCC(=O)Nc3nc4cc(Cl)ccc4n3C)o2)cc1. The van der Waals surface area contributed by atoms with Crippen LogP contribution < -0.4 is 5.32 Å². The first-order chi connectivity index (χ1) is 13.5. The Morgan fingerprint density at radius 3 is 2.75 bits per heavy atom. The number of nitrogens with one attached hydrogen (secondary N) is 1.